The Bertz CT molecular complexity index is 295. The summed E-state index contributed by atoms with van der Waals surface area (Å²) in [6.07, 6.45) is 0. The molecule has 68 valence electrons. The van der Waals surface area contributed by atoms with Crippen LogP contribution in [0.4, 0.5) is 0 Å². The Morgan fingerprint density at radius 3 is 2.85 bits per heavy atom. The van der Waals surface area contributed by atoms with Crippen LogP contribution in [0.25, 0.3) is 0 Å². The van der Waals surface area contributed by atoms with Gasteiger partial charge in [0.05, 0.1) is 6.54 Å². The predicted molar refractivity (Wildman–Crippen MR) is 50.2 cm³/mol. The van der Waals surface area contributed by atoms with E-state index in [1.807, 2.05) is 30.3 Å². The van der Waals surface area contributed by atoms with Crippen LogP contribution in [0.5, 0.6) is 5.75 Å². The second-order valence-electron chi connectivity index (χ2n) is 2.73. The molecule has 0 fully saturated rings. The Morgan fingerprint density at radius 1 is 1.31 bits per heavy atom. The highest BCUT2D eigenvalue weighted by molar-refractivity contribution is 5.78. The van der Waals surface area contributed by atoms with Crippen LogP contribution in [0.1, 0.15) is 0 Å². The van der Waals surface area contributed by atoms with Crippen molar-refractivity contribution in [1.29, 1.82) is 0 Å². The van der Waals surface area contributed by atoms with Crippen LogP contribution in [0.15, 0.2) is 35.3 Å². The van der Waals surface area contributed by atoms with Crippen molar-refractivity contribution < 1.29 is 9.47 Å². The van der Waals surface area contributed by atoms with Crippen LogP contribution < -0.4 is 4.74 Å². The molecule has 0 aromatic heterocycles. The highest BCUT2D eigenvalue weighted by Gasteiger charge is 2.06. The van der Waals surface area contributed by atoms with Gasteiger partial charge >= 0.3 is 0 Å². The average molecular weight is 177 g/mol. The zero-order valence-electron chi connectivity index (χ0n) is 7.27. The first kappa shape index (κ1) is 8.10. The maximum atomic E-state index is 5.43. The van der Waals surface area contributed by atoms with Crippen LogP contribution in [0, 0.1) is 0 Å². The van der Waals surface area contributed by atoms with Gasteiger partial charge in [-0.05, 0) is 12.1 Å². The van der Waals surface area contributed by atoms with Gasteiger partial charge in [-0.1, -0.05) is 18.2 Å². The van der Waals surface area contributed by atoms with Crippen molar-refractivity contribution in [3.63, 3.8) is 0 Å². The van der Waals surface area contributed by atoms with Gasteiger partial charge in [0, 0.05) is 0 Å². The molecule has 0 N–H and O–H groups in total. The minimum atomic E-state index is 0.435. The Balaban J connectivity index is 1.86. The van der Waals surface area contributed by atoms with E-state index in [-0.39, 0.29) is 0 Å². The van der Waals surface area contributed by atoms with Crippen molar-refractivity contribution in [3.8, 4) is 5.75 Å². The summed E-state index contributed by atoms with van der Waals surface area (Å²) in [7, 11) is 0. The number of nitrogens with zero attached hydrogens (tertiary/aromatic N) is 1. The summed E-state index contributed by atoms with van der Waals surface area (Å²) in [6.45, 7) is 1.88. The summed E-state index contributed by atoms with van der Waals surface area (Å²) >= 11 is 0. The first-order chi connectivity index (χ1) is 6.45. The van der Waals surface area contributed by atoms with Gasteiger partial charge in [-0.25, -0.2) is 4.99 Å². The smallest absolute Gasteiger partial charge is 0.222 e. The molecular formula is C10H11NO2. The van der Waals surface area contributed by atoms with Crippen molar-refractivity contribution in [2.24, 2.45) is 4.99 Å². The lowest BCUT2D eigenvalue weighted by Crippen LogP contribution is -2.11. The van der Waals surface area contributed by atoms with Crippen molar-refractivity contribution in [1.82, 2.24) is 0 Å². The minimum Gasteiger partial charge on any atom is -0.484 e. The monoisotopic (exact) mass is 177 g/mol. The number of aliphatic imine (C=N–C) groups is 1. The number of ether oxygens (including phenoxy) is 2. The van der Waals surface area contributed by atoms with Crippen molar-refractivity contribution in [2.45, 2.75) is 0 Å². The second-order valence-corrected chi connectivity index (χ2v) is 2.73. The zero-order chi connectivity index (χ0) is 8.93. The summed E-state index contributed by atoms with van der Waals surface area (Å²) in [5.74, 6) is 1.55. The van der Waals surface area contributed by atoms with E-state index in [9.17, 15) is 0 Å². The number of hydrogen-bond donors (Lipinski definition) is 0. The highest BCUT2D eigenvalue weighted by atomic mass is 16.5. The molecule has 0 aliphatic carbocycles. The molecule has 0 saturated carbocycles. The highest BCUT2D eigenvalue weighted by Crippen LogP contribution is 2.08. The molecule has 0 spiro atoms. The summed E-state index contributed by atoms with van der Waals surface area (Å²) in [5, 5.41) is 0. The number of benzene rings is 1. The summed E-state index contributed by atoms with van der Waals surface area (Å²) < 4.78 is 10.6. The lowest BCUT2D eigenvalue weighted by molar-refractivity contribution is 0.293. The average Bonchev–Trinajstić information content (AvgIpc) is 2.69. The molecule has 0 saturated heterocycles. The van der Waals surface area contributed by atoms with Crippen molar-refractivity contribution >= 4 is 5.90 Å². The van der Waals surface area contributed by atoms with Crippen LogP contribution in [-0.4, -0.2) is 25.7 Å². The molecule has 1 aliphatic rings. The standard InChI is InChI=1S/C10H11NO2/c1-2-4-9(5-3-1)13-8-10-11-6-7-12-10/h1-5H,6-8H2. The van der Waals surface area contributed by atoms with E-state index in [1.165, 1.54) is 0 Å². The third-order valence-electron chi connectivity index (χ3n) is 1.75. The third kappa shape index (κ3) is 2.21. The predicted octanol–water partition coefficient (Wildman–Crippen LogP) is 1.49. The number of hydrogen-bond acceptors (Lipinski definition) is 3. The van der Waals surface area contributed by atoms with Crippen molar-refractivity contribution in [3.05, 3.63) is 30.3 Å². The molecule has 1 heterocycles. The van der Waals surface area contributed by atoms with Crippen LogP contribution in [0.2, 0.25) is 0 Å². The summed E-state index contributed by atoms with van der Waals surface area (Å²) in [6, 6.07) is 9.65. The first-order valence-corrected chi connectivity index (χ1v) is 4.29. The quantitative estimate of drug-likeness (QED) is 0.700. The van der Waals surface area contributed by atoms with Gasteiger partial charge in [-0.3, -0.25) is 0 Å². The molecule has 2 rings (SSSR count). The fraction of sp³-hybridized carbons (Fsp3) is 0.300. The lowest BCUT2D eigenvalue weighted by Gasteiger charge is -2.04. The van der Waals surface area contributed by atoms with E-state index in [0.717, 1.165) is 12.3 Å². The molecular weight excluding hydrogens is 166 g/mol. The summed E-state index contributed by atoms with van der Waals surface area (Å²) in [4.78, 5) is 4.12. The van der Waals surface area contributed by atoms with E-state index in [2.05, 4.69) is 4.99 Å². The lowest BCUT2D eigenvalue weighted by atomic mass is 10.3. The van der Waals surface area contributed by atoms with Gasteiger partial charge < -0.3 is 9.47 Å². The molecule has 1 aliphatic heterocycles. The van der Waals surface area contributed by atoms with Gasteiger partial charge in [-0.15, -0.1) is 0 Å². The molecule has 0 bridgehead atoms. The largest absolute Gasteiger partial charge is 0.484 e. The zero-order valence-corrected chi connectivity index (χ0v) is 7.27. The molecule has 3 heteroatoms. The fourth-order valence-electron chi connectivity index (χ4n) is 1.13. The van der Waals surface area contributed by atoms with Crippen molar-refractivity contribution in [2.75, 3.05) is 19.8 Å². The Kier molecular flexibility index (Phi) is 2.45. The Hall–Kier alpha value is -1.51. The molecule has 0 amide bonds. The molecule has 13 heavy (non-hydrogen) atoms. The third-order valence-corrected chi connectivity index (χ3v) is 1.75. The second kappa shape index (κ2) is 3.94. The normalized spacial score (nSPS) is 14.9. The Labute approximate surface area is 77.0 Å². The van der Waals surface area contributed by atoms with Crippen LogP contribution in [-0.2, 0) is 4.74 Å². The van der Waals surface area contributed by atoms with Crippen LogP contribution >= 0.6 is 0 Å². The molecule has 0 unspecified atom stereocenters. The maximum absolute atomic E-state index is 5.43. The van der Waals surface area contributed by atoms with E-state index in [0.29, 0.717) is 19.1 Å². The number of rotatable bonds is 3. The molecule has 0 atom stereocenters. The topological polar surface area (TPSA) is 30.8 Å². The van der Waals surface area contributed by atoms with Gasteiger partial charge in [-0.2, -0.15) is 0 Å². The molecule has 3 nitrogen and oxygen atoms in total. The van der Waals surface area contributed by atoms with E-state index in [4.69, 9.17) is 9.47 Å². The number of para-hydroxylation sites is 1. The minimum absolute atomic E-state index is 0.435. The van der Waals surface area contributed by atoms with Gasteiger partial charge in [0.1, 0.15) is 12.4 Å². The SMILES string of the molecule is c1ccc(OCC2=NCCO2)cc1. The summed E-state index contributed by atoms with van der Waals surface area (Å²) in [5.41, 5.74) is 0. The van der Waals surface area contributed by atoms with Gasteiger partial charge in [0.25, 0.3) is 0 Å². The van der Waals surface area contributed by atoms with Crippen LogP contribution in [0.3, 0.4) is 0 Å². The molecule has 0 radical (unpaired) electrons. The Morgan fingerprint density at radius 2 is 2.15 bits per heavy atom. The maximum Gasteiger partial charge on any atom is 0.222 e. The van der Waals surface area contributed by atoms with E-state index >= 15 is 0 Å². The van der Waals surface area contributed by atoms with E-state index < -0.39 is 0 Å². The van der Waals surface area contributed by atoms with Gasteiger partial charge in [0.2, 0.25) is 5.90 Å². The van der Waals surface area contributed by atoms with Gasteiger partial charge in [0.15, 0.2) is 6.61 Å². The molecule has 1 aromatic rings. The fourth-order valence-corrected chi connectivity index (χ4v) is 1.13. The van der Waals surface area contributed by atoms with E-state index in [1.54, 1.807) is 0 Å². The molecule has 1 aromatic carbocycles. The first-order valence-electron chi connectivity index (χ1n) is 4.29.